The fourth-order valence-corrected chi connectivity index (χ4v) is 2.16. The summed E-state index contributed by atoms with van der Waals surface area (Å²) < 4.78 is 0. The van der Waals surface area contributed by atoms with Gasteiger partial charge in [-0.3, -0.25) is 4.79 Å². The number of carbonyl (C=O) groups is 1. The van der Waals surface area contributed by atoms with Gasteiger partial charge in [0.15, 0.2) is 0 Å². The Labute approximate surface area is 75.1 Å². The van der Waals surface area contributed by atoms with Crippen molar-refractivity contribution < 1.29 is 9.90 Å². The summed E-state index contributed by atoms with van der Waals surface area (Å²) in [6.07, 6.45) is 5.81. The minimum absolute atomic E-state index is 0.317. The largest absolute Gasteiger partial charge is 0.480 e. The van der Waals surface area contributed by atoms with Crippen molar-refractivity contribution in [1.82, 2.24) is 0 Å². The molecular weight excluding hydrogens is 208 g/mol. The summed E-state index contributed by atoms with van der Waals surface area (Å²) in [7, 11) is 0. The van der Waals surface area contributed by atoms with Crippen molar-refractivity contribution in [2.75, 3.05) is 0 Å². The molecule has 1 aliphatic carbocycles. The molecule has 0 aromatic carbocycles. The molecule has 2 nitrogen and oxygen atoms in total. The lowest BCUT2D eigenvalue weighted by Gasteiger charge is -2.23. The molecule has 1 aliphatic rings. The Balaban J connectivity index is 2.38. The highest BCUT2D eigenvalue weighted by Gasteiger charge is 2.26. The molecule has 1 atom stereocenters. The summed E-state index contributed by atoms with van der Waals surface area (Å²) in [5.41, 5.74) is 0. The number of carboxylic acids is 1. The number of aliphatic carboxylic acids is 1. The SMILES string of the molecule is O=C(O)[C@@H](Br)C1CCCCC1. The van der Waals surface area contributed by atoms with Crippen LogP contribution in [0.1, 0.15) is 32.1 Å². The monoisotopic (exact) mass is 220 g/mol. The number of hydrogen-bond acceptors (Lipinski definition) is 1. The molecule has 1 N–H and O–H groups in total. The number of carboxylic acid groups (broad SMARTS) is 1. The summed E-state index contributed by atoms with van der Waals surface area (Å²) >= 11 is 3.20. The van der Waals surface area contributed by atoms with E-state index in [1.54, 1.807) is 0 Å². The maximum Gasteiger partial charge on any atom is 0.317 e. The van der Waals surface area contributed by atoms with Gasteiger partial charge in [-0.25, -0.2) is 0 Å². The fraction of sp³-hybridized carbons (Fsp3) is 0.875. The van der Waals surface area contributed by atoms with Crippen LogP contribution in [0.5, 0.6) is 0 Å². The van der Waals surface area contributed by atoms with Crippen LogP contribution in [-0.2, 0) is 4.79 Å². The Bertz CT molecular complexity index is 141. The zero-order valence-corrected chi connectivity index (χ0v) is 8.01. The molecule has 0 spiro atoms. The average molecular weight is 221 g/mol. The molecule has 0 aromatic heterocycles. The molecular formula is C8H13BrO2. The molecule has 0 aliphatic heterocycles. The van der Waals surface area contributed by atoms with Gasteiger partial charge < -0.3 is 5.11 Å². The first-order valence-electron chi connectivity index (χ1n) is 4.08. The highest BCUT2D eigenvalue weighted by molar-refractivity contribution is 9.10. The van der Waals surface area contributed by atoms with E-state index < -0.39 is 5.97 Å². The van der Waals surface area contributed by atoms with Crippen molar-refractivity contribution in [3.8, 4) is 0 Å². The Morgan fingerprint density at radius 1 is 1.36 bits per heavy atom. The molecule has 0 bridgehead atoms. The van der Waals surface area contributed by atoms with Gasteiger partial charge in [-0.1, -0.05) is 35.2 Å². The van der Waals surface area contributed by atoms with Crippen molar-refractivity contribution in [2.45, 2.75) is 36.9 Å². The highest BCUT2D eigenvalue weighted by atomic mass is 79.9. The van der Waals surface area contributed by atoms with Crippen molar-refractivity contribution >= 4 is 21.9 Å². The van der Waals surface area contributed by atoms with E-state index in [2.05, 4.69) is 15.9 Å². The first-order valence-corrected chi connectivity index (χ1v) is 5.00. The molecule has 1 rings (SSSR count). The van der Waals surface area contributed by atoms with Gasteiger partial charge >= 0.3 is 5.97 Å². The van der Waals surface area contributed by atoms with Crippen molar-refractivity contribution in [3.05, 3.63) is 0 Å². The molecule has 3 heteroatoms. The molecule has 0 radical (unpaired) electrons. The Hall–Kier alpha value is -0.0500. The summed E-state index contributed by atoms with van der Waals surface area (Å²) in [6.45, 7) is 0. The van der Waals surface area contributed by atoms with Crippen LogP contribution >= 0.6 is 15.9 Å². The summed E-state index contributed by atoms with van der Waals surface area (Å²) in [5, 5.41) is 8.69. The van der Waals surface area contributed by atoms with E-state index in [0.29, 0.717) is 5.92 Å². The Morgan fingerprint density at radius 2 is 1.91 bits per heavy atom. The van der Waals surface area contributed by atoms with Crippen LogP contribution in [0.15, 0.2) is 0 Å². The normalized spacial score (nSPS) is 23.0. The smallest absolute Gasteiger partial charge is 0.317 e. The van der Waals surface area contributed by atoms with E-state index in [4.69, 9.17) is 5.11 Å². The molecule has 11 heavy (non-hydrogen) atoms. The lowest BCUT2D eigenvalue weighted by Crippen LogP contribution is -2.25. The van der Waals surface area contributed by atoms with Crippen LogP contribution in [0, 0.1) is 5.92 Å². The second-order valence-electron chi connectivity index (χ2n) is 3.14. The topological polar surface area (TPSA) is 37.3 Å². The summed E-state index contributed by atoms with van der Waals surface area (Å²) in [5.74, 6) is -0.349. The standard InChI is InChI=1S/C8H13BrO2/c9-7(8(10)11)6-4-2-1-3-5-6/h6-7H,1-5H2,(H,10,11)/t7-/m0/s1. The Kier molecular flexibility index (Phi) is 3.37. The number of halogens is 1. The number of alkyl halides is 1. The van der Waals surface area contributed by atoms with E-state index in [-0.39, 0.29) is 4.83 Å². The fourth-order valence-electron chi connectivity index (χ4n) is 1.63. The predicted octanol–water partition coefficient (Wildman–Crippen LogP) is 2.41. The van der Waals surface area contributed by atoms with Gasteiger partial charge in [0, 0.05) is 0 Å². The molecule has 1 fully saturated rings. The summed E-state index contributed by atoms with van der Waals surface area (Å²) in [4.78, 5) is 10.2. The maximum absolute atomic E-state index is 10.6. The minimum Gasteiger partial charge on any atom is -0.480 e. The van der Waals surface area contributed by atoms with Crippen LogP contribution in [0.25, 0.3) is 0 Å². The first kappa shape index (κ1) is 9.04. The van der Waals surface area contributed by atoms with Gasteiger partial charge in [-0.05, 0) is 18.8 Å². The van der Waals surface area contributed by atoms with Gasteiger partial charge in [0.2, 0.25) is 0 Å². The molecule has 64 valence electrons. The van der Waals surface area contributed by atoms with E-state index in [1.807, 2.05) is 0 Å². The van der Waals surface area contributed by atoms with Gasteiger partial charge in [-0.15, -0.1) is 0 Å². The van der Waals surface area contributed by atoms with Crippen LogP contribution in [0.3, 0.4) is 0 Å². The van der Waals surface area contributed by atoms with Crippen LogP contribution < -0.4 is 0 Å². The van der Waals surface area contributed by atoms with Crippen molar-refractivity contribution in [1.29, 1.82) is 0 Å². The minimum atomic E-state index is -0.711. The van der Waals surface area contributed by atoms with Gasteiger partial charge in [-0.2, -0.15) is 0 Å². The number of rotatable bonds is 2. The second-order valence-corrected chi connectivity index (χ2v) is 4.12. The van der Waals surface area contributed by atoms with Crippen molar-refractivity contribution in [2.24, 2.45) is 5.92 Å². The number of hydrogen-bond donors (Lipinski definition) is 1. The lowest BCUT2D eigenvalue weighted by molar-refractivity contribution is -0.137. The van der Waals surface area contributed by atoms with E-state index in [1.165, 1.54) is 19.3 Å². The molecule has 0 aromatic rings. The molecule has 0 unspecified atom stereocenters. The lowest BCUT2D eigenvalue weighted by atomic mass is 9.87. The van der Waals surface area contributed by atoms with Gasteiger partial charge in [0.1, 0.15) is 4.83 Å². The second kappa shape index (κ2) is 4.10. The van der Waals surface area contributed by atoms with E-state index >= 15 is 0 Å². The predicted molar refractivity (Wildman–Crippen MR) is 46.9 cm³/mol. The molecule has 0 heterocycles. The third kappa shape index (κ3) is 2.47. The van der Waals surface area contributed by atoms with Crippen LogP contribution in [-0.4, -0.2) is 15.9 Å². The molecule has 1 saturated carbocycles. The van der Waals surface area contributed by atoms with E-state index in [0.717, 1.165) is 12.8 Å². The molecule has 0 amide bonds. The third-order valence-corrected chi connectivity index (χ3v) is 3.44. The zero-order valence-electron chi connectivity index (χ0n) is 6.42. The maximum atomic E-state index is 10.6. The van der Waals surface area contributed by atoms with Crippen molar-refractivity contribution in [3.63, 3.8) is 0 Å². The van der Waals surface area contributed by atoms with Crippen LogP contribution in [0.2, 0.25) is 0 Å². The third-order valence-electron chi connectivity index (χ3n) is 2.30. The van der Waals surface area contributed by atoms with Gasteiger partial charge in [0.05, 0.1) is 0 Å². The quantitative estimate of drug-likeness (QED) is 0.727. The average Bonchev–Trinajstić information content (AvgIpc) is 2.05. The first-order chi connectivity index (χ1) is 5.22. The zero-order chi connectivity index (χ0) is 8.27. The Morgan fingerprint density at radius 3 is 2.36 bits per heavy atom. The van der Waals surface area contributed by atoms with Gasteiger partial charge in [0.25, 0.3) is 0 Å². The summed E-state index contributed by atoms with van der Waals surface area (Å²) in [6, 6.07) is 0. The molecule has 0 saturated heterocycles. The van der Waals surface area contributed by atoms with Crippen LogP contribution in [0.4, 0.5) is 0 Å². The van der Waals surface area contributed by atoms with E-state index in [9.17, 15) is 4.79 Å². The highest BCUT2D eigenvalue weighted by Crippen LogP contribution is 2.29.